The van der Waals surface area contributed by atoms with Gasteiger partial charge in [0.2, 0.25) is 5.91 Å². The lowest BCUT2D eigenvalue weighted by molar-refractivity contribution is -0.605. The molecule has 1 N–H and O–H groups in total. The van der Waals surface area contributed by atoms with Crippen LogP contribution in [-0.4, -0.2) is 29.1 Å². The van der Waals surface area contributed by atoms with Gasteiger partial charge in [-0.1, -0.05) is 18.8 Å². The standard InChI is InChI=1S/C30H38N2O5S/c1-20-5-7-21(8-6-20)28(33)32(26-19-25(13-16-30(2,3)4)38-27(26)29(34)35)22-9-11-23(12-10-22)37-24-14-17-31(36)18-15-24/h14-15,17-23H,5-12H2,1-4H3,(H,34,35)/t20-,21-,22?,23?. The van der Waals surface area contributed by atoms with Gasteiger partial charge in [0.25, 0.3) is 0 Å². The number of aromatic carboxylic acids is 1. The van der Waals surface area contributed by atoms with Gasteiger partial charge >= 0.3 is 5.97 Å². The van der Waals surface area contributed by atoms with E-state index >= 15 is 0 Å². The number of carbonyl (C=O) groups excluding carboxylic acids is 1. The van der Waals surface area contributed by atoms with Crippen LogP contribution in [0.1, 0.15) is 93.6 Å². The minimum absolute atomic E-state index is 0.0177. The van der Waals surface area contributed by atoms with Crippen molar-refractivity contribution in [3.63, 3.8) is 0 Å². The molecule has 204 valence electrons. The number of ether oxygens (including phenoxy) is 1. The number of carbonyl (C=O) groups is 2. The van der Waals surface area contributed by atoms with Crippen molar-refractivity contribution in [2.75, 3.05) is 4.90 Å². The molecule has 2 aromatic heterocycles. The first-order valence-electron chi connectivity index (χ1n) is 13.6. The lowest BCUT2D eigenvalue weighted by Crippen LogP contribution is -2.47. The number of hydrogen-bond donors (Lipinski definition) is 1. The first-order valence-corrected chi connectivity index (χ1v) is 14.4. The zero-order chi connectivity index (χ0) is 27.4. The maximum absolute atomic E-state index is 14.0. The average molecular weight is 539 g/mol. The van der Waals surface area contributed by atoms with Crippen LogP contribution < -0.4 is 14.4 Å². The summed E-state index contributed by atoms with van der Waals surface area (Å²) in [5.41, 5.74) is 0.268. The van der Waals surface area contributed by atoms with Gasteiger partial charge in [-0.05, 0) is 84.1 Å². The predicted molar refractivity (Wildman–Crippen MR) is 148 cm³/mol. The Kier molecular flexibility index (Phi) is 8.67. The fourth-order valence-corrected chi connectivity index (χ4v) is 6.16. The van der Waals surface area contributed by atoms with Crippen LogP contribution in [0.2, 0.25) is 0 Å². The molecule has 7 nitrogen and oxygen atoms in total. The predicted octanol–water partition coefficient (Wildman–Crippen LogP) is 6.03. The van der Waals surface area contributed by atoms with E-state index in [0.717, 1.165) is 54.6 Å². The Morgan fingerprint density at radius 3 is 2.29 bits per heavy atom. The van der Waals surface area contributed by atoms with Gasteiger partial charge < -0.3 is 20.0 Å². The van der Waals surface area contributed by atoms with E-state index in [1.54, 1.807) is 18.2 Å². The molecule has 2 saturated carbocycles. The van der Waals surface area contributed by atoms with E-state index in [0.29, 0.717) is 35.1 Å². The summed E-state index contributed by atoms with van der Waals surface area (Å²) in [4.78, 5) is 29.0. The zero-order valence-corrected chi connectivity index (χ0v) is 23.6. The molecule has 0 bridgehead atoms. The van der Waals surface area contributed by atoms with Gasteiger partial charge in [0.1, 0.15) is 10.6 Å². The van der Waals surface area contributed by atoms with Gasteiger partial charge in [-0.15, -0.1) is 11.3 Å². The molecule has 2 heterocycles. The number of hydrogen-bond acceptors (Lipinski definition) is 5. The van der Waals surface area contributed by atoms with Gasteiger partial charge in [-0.3, -0.25) is 4.79 Å². The Morgan fingerprint density at radius 2 is 1.71 bits per heavy atom. The summed E-state index contributed by atoms with van der Waals surface area (Å²) < 4.78 is 6.82. The van der Waals surface area contributed by atoms with Crippen LogP contribution in [0, 0.1) is 34.3 Å². The van der Waals surface area contributed by atoms with Crippen molar-refractivity contribution in [1.82, 2.24) is 0 Å². The molecule has 0 spiro atoms. The number of rotatable bonds is 6. The minimum atomic E-state index is -1.03. The lowest BCUT2D eigenvalue weighted by Gasteiger charge is -2.39. The summed E-state index contributed by atoms with van der Waals surface area (Å²) in [6, 6.07) is 5.02. The summed E-state index contributed by atoms with van der Waals surface area (Å²) in [7, 11) is 0. The normalized spacial score (nSPS) is 23.7. The quantitative estimate of drug-likeness (QED) is 0.275. The molecule has 0 atom stereocenters. The molecule has 0 aromatic carbocycles. The first kappa shape index (κ1) is 28.0. The highest BCUT2D eigenvalue weighted by Crippen LogP contribution is 2.39. The van der Waals surface area contributed by atoms with Crippen LogP contribution in [0.4, 0.5) is 5.69 Å². The maximum Gasteiger partial charge on any atom is 0.348 e. The lowest BCUT2D eigenvalue weighted by atomic mass is 9.81. The molecule has 4 rings (SSSR count). The smallest absolute Gasteiger partial charge is 0.348 e. The third kappa shape index (κ3) is 7.08. The fraction of sp³-hybridized carbons (Fsp3) is 0.567. The monoisotopic (exact) mass is 538 g/mol. The molecule has 0 saturated heterocycles. The number of pyridine rings is 1. The van der Waals surface area contributed by atoms with Crippen LogP contribution in [0.5, 0.6) is 5.75 Å². The molecule has 2 fully saturated rings. The van der Waals surface area contributed by atoms with Gasteiger partial charge in [0.15, 0.2) is 12.4 Å². The fourth-order valence-electron chi connectivity index (χ4n) is 5.31. The van der Waals surface area contributed by atoms with Crippen LogP contribution in [-0.2, 0) is 4.79 Å². The van der Waals surface area contributed by atoms with E-state index in [-0.39, 0.29) is 34.3 Å². The summed E-state index contributed by atoms with van der Waals surface area (Å²) in [5.74, 6) is 6.53. The third-order valence-electron chi connectivity index (χ3n) is 7.41. The van der Waals surface area contributed by atoms with E-state index in [9.17, 15) is 19.9 Å². The van der Waals surface area contributed by atoms with Crippen molar-refractivity contribution in [2.24, 2.45) is 17.3 Å². The van der Waals surface area contributed by atoms with Gasteiger partial charge in [-0.2, -0.15) is 4.73 Å². The van der Waals surface area contributed by atoms with E-state index in [2.05, 4.69) is 18.8 Å². The van der Waals surface area contributed by atoms with Crippen LogP contribution in [0.3, 0.4) is 0 Å². The highest BCUT2D eigenvalue weighted by atomic mass is 32.1. The number of anilines is 1. The highest BCUT2D eigenvalue weighted by Gasteiger charge is 2.37. The number of carboxylic acid groups (broad SMARTS) is 1. The van der Waals surface area contributed by atoms with E-state index in [4.69, 9.17) is 4.74 Å². The zero-order valence-electron chi connectivity index (χ0n) is 22.7. The highest BCUT2D eigenvalue weighted by molar-refractivity contribution is 7.15. The first-order chi connectivity index (χ1) is 18.0. The molecule has 38 heavy (non-hydrogen) atoms. The van der Waals surface area contributed by atoms with E-state index in [1.807, 2.05) is 25.7 Å². The molecule has 1 amide bonds. The summed E-state index contributed by atoms with van der Waals surface area (Å²) in [5, 5.41) is 21.4. The number of aromatic nitrogens is 1. The number of carboxylic acids is 1. The summed E-state index contributed by atoms with van der Waals surface area (Å²) in [6.45, 7) is 8.27. The second-order valence-corrected chi connectivity index (χ2v) is 12.8. The van der Waals surface area contributed by atoms with Gasteiger partial charge in [0.05, 0.1) is 16.7 Å². The van der Waals surface area contributed by atoms with Crippen molar-refractivity contribution in [3.05, 3.63) is 45.6 Å². The number of thiophene rings is 1. The Balaban J connectivity index is 1.60. The van der Waals surface area contributed by atoms with Crippen molar-refractivity contribution >= 4 is 28.9 Å². The topological polar surface area (TPSA) is 93.8 Å². The van der Waals surface area contributed by atoms with E-state index in [1.165, 1.54) is 12.4 Å². The van der Waals surface area contributed by atoms with Crippen molar-refractivity contribution < 1.29 is 24.2 Å². The van der Waals surface area contributed by atoms with Crippen LogP contribution in [0.25, 0.3) is 0 Å². The molecular formula is C30H38N2O5S. The number of nitrogens with zero attached hydrogens (tertiary/aromatic N) is 2. The Hall–Kier alpha value is -3.05. The van der Waals surface area contributed by atoms with Gasteiger partial charge in [0, 0.05) is 29.5 Å². The summed E-state index contributed by atoms with van der Waals surface area (Å²) in [6.07, 6.45) is 9.43. The van der Waals surface area contributed by atoms with Gasteiger partial charge in [-0.25, -0.2) is 4.79 Å². The van der Waals surface area contributed by atoms with Crippen molar-refractivity contribution in [1.29, 1.82) is 0 Å². The second-order valence-electron chi connectivity index (χ2n) is 11.7. The number of amides is 1. The molecule has 0 aliphatic heterocycles. The maximum atomic E-state index is 14.0. The minimum Gasteiger partial charge on any atom is -0.619 e. The Labute approximate surface area is 229 Å². The average Bonchev–Trinajstić information content (AvgIpc) is 3.30. The second kappa shape index (κ2) is 11.8. The van der Waals surface area contributed by atoms with Crippen molar-refractivity contribution in [2.45, 2.75) is 91.2 Å². The Morgan fingerprint density at radius 1 is 1.08 bits per heavy atom. The largest absolute Gasteiger partial charge is 0.619 e. The Bertz CT molecular complexity index is 1190. The molecule has 2 aliphatic rings. The SMILES string of the molecule is CC(C)(C)C#Cc1cc(N(C(=O)[C@H]2CC[C@H](C)CC2)C2CCC(Oc3cc[n+]([O-])cc3)CC2)c(C(=O)O)s1. The molecule has 2 aliphatic carbocycles. The van der Waals surface area contributed by atoms with Crippen LogP contribution in [0.15, 0.2) is 30.6 Å². The molecule has 8 heteroatoms. The molecule has 0 radical (unpaired) electrons. The van der Waals surface area contributed by atoms with Crippen molar-refractivity contribution in [3.8, 4) is 17.6 Å². The third-order valence-corrected chi connectivity index (χ3v) is 8.44. The molecule has 2 aromatic rings. The molecular weight excluding hydrogens is 500 g/mol. The van der Waals surface area contributed by atoms with E-state index < -0.39 is 5.97 Å². The molecule has 0 unspecified atom stereocenters. The van der Waals surface area contributed by atoms with Crippen LogP contribution >= 0.6 is 11.3 Å². The summed E-state index contributed by atoms with van der Waals surface area (Å²) >= 11 is 1.15.